The van der Waals surface area contributed by atoms with E-state index in [-0.39, 0.29) is 18.6 Å². The van der Waals surface area contributed by atoms with Gasteiger partial charge in [-0.05, 0) is 41.5 Å². The molecule has 1 saturated carbocycles. The number of aliphatic hydroxyl groups excluding tert-OH is 1. The van der Waals surface area contributed by atoms with Gasteiger partial charge < -0.3 is 14.7 Å². The molecule has 130 valence electrons. The van der Waals surface area contributed by atoms with Gasteiger partial charge in [0.15, 0.2) is 0 Å². The number of carbonyl (C=O) groups excluding carboxylic acids is 1. The van der Waals surface area contributed by atoms with E-state index in [4.69, 9.17) is 9.84 Å². The van der Waals surface area contributed by atoms with Gasteiger partial charge in [-0.2, -0.15) is 0 Å². The molecule has 0 aromatic heterocycles. The number of hydrogen-bond donors (Lipinski definition) is 1. The quantitative estimate of drug-likeness (QED) is 0.873. The summed E-state index contributed by atoms with van der Waals surface area (Å²) >= 11 is 0. The Morgan fingerprint density at radius 1 is 1.04 bits per heavy atom. The zero-order chi connectivity index (χ0) is 17.2. The van der Waals surface area contributed by atoms with Crippen molar-refractivity contribution in [3.05, 3.63) is 59.7 Å². The van der Waals surface area contributed by atoms with Crippen LogP contribution in [0.3, 0.4) is 0 Å². The first-order chi connectivity index (χ1) is 12.3. The Morgan fingerprint density at radius 2 is 1.64 bits per heavy atom. The van der Waals surface area contributed by atoms with E-state index in [9.17, 15) is 4.79 Å². The zero-order valence-corrected chi connectivity index (χ0v) is 14.2. The molecule has 1 amide bonds. The number of carbonyl (C=O) groups is 1. The number of amides is 1. The summed E-state index contributed by atoms with van der Waals surface area (Å²) in [5, 5.41) is 9.04. The van der Waals surface area contributed by atoms with E-state index in [0.29, 0.717) is 25.6 Å². The van der Waals surface area contributed by atoms with E-state index in [1.807, 2.05) is 24.3 Å². The standard InChI is InChI=1S/C21H23NO3/c23-13-5-12-22(15-10-11-15)21(24)25-14-20-18-8-3-1-6-16(18)17-7-2-4-9-19(17)20/h1-4,6-9,15,20,23H,5,10-14H2. The van der Waals surface area contributed by atoms with Crippen LogP contribution in [0.4, 0.5) is 4.79 Å². The maximum Gasteiger partial charge on any atom is 0.410 e. The van der Waals surface area contributed by atoms with Crippen LogP contribution in [0.1, 0.15) is 36.3 Å². The van der Waals surface area contributed by atoms with Crippen LogP contribution in [0.2, 0.25) is 0 Å². The molecule has 0 unspecified atom stereocenters. The minimum atomic E-state index is -0.252. The fraction of sp³-hybridized carbons (Fsp3) is 0.381. The summed E-state index contributed by atoms with van der Waals surface area (Å²) in [6, 6.07) is 17.0. The summed E-state index contributed by atoms with van der Waals surface area (Å²) in [5.41, 5.74) is 4.92. The Balaban J connectivity index is 1.50. The van der Waals surface area contributed by atoms with Crippen molar-refractivity contribution in [1.82, 2.24) is 4.90 Å². The summed E-state index contributed by atoms with van der Waals surface area (Å²) in [5.74, 6) is 0.0928. The van der Waals surface area contributed by atoms with Crippen LogP contribution in [-0.4, -0.2) is 41.9 Å². The lowest BCUT2D eigenvalue weighted by Gasteiger charge is -2.23. The molecule has 0 spiro atoms. The predicted molar refractivity (Wildman–Crippen MR) is 96.5 cm³/mol. The monoisotopic (exact) mass is 337 g/mol. The van der Waals surface area contributed by atoms with Crippen molar-refractivity contribution in [2.75, 3.05) is 19.8 Å². The molecule has 0 radical (unpaired) electrons. The fourth-order valence-corrected chi connectivity index (χ4v) is 3.73. The van der Waals surface area contributed by atoms with Crippen LogP contribution in [0.5, 0.6) is 0 Å². The number of rotatable bonds is 6. The van der Waals surface area contributed by atoms with Crippen LogP contribution in [0.25, 0.3) is 11.1 Å². The third-order valence-electron chi connectivity index (χ3n) is 5.12. The molecule has 1 N–H and O–H groups in total. The number of ether oxygens (including phenoxy) is 1. The Bertz CT molecular complexity index is 724. The minimum Gasteiger partial charge on any atom is -0.448 e. The van der Waals surface area contributed by atoms with Crippen LogP contribution >= 0.6 is 0 Å². The van der Waals surface area contributed by atoms with Gasteiger partial charge in [-0.15, -0.1) is 0 Å². The van der Waals surface area contributed by atoms with E-state index in [2.05, 4.69) is 24.3 Å². The molecule has 2 aromatic rings. The molecule has 25 heavy (non-hydrogen) atoms. The topological polar surface area (TPSA) is 49.8 Å². The second kappa shape index (κ2) is 6.89. The molecule has 0 saturated heterocycles. The summed E-state index contributed by atoms with van der Waals surface area (Å²) in [6.07, 6.45) is 2.42. The van der Waals surface area contributed by atoms with Gasteiger partial charge in [0.25, 0.3) is 0 Å². The molecule has 2 aromatic carbocycles. The van der Waals surface area contributed by atoms with Crippen LogP contribution in [0, 0.1) is 0 Å². The number of aliphatic hydroxyl groups is 1. The van der Waals surface area contributed by atoms with Gasteiger partial charge in [0, 0.05) is 25.1 Å². The van der Waals surface area contributed by atoms with Crippen LogP contribution in [0.15, 0.2) is 48.5 Å². The molecule has 2 aliphatic carbocycles. The second-order valence-corrected chi connectivity index (χ2v) is 6.81. The van der Waals surface area contributed by atoms with Crippen molar-refractivity contribution in [3.63, 3.8) is 0 Å². The molecule has 4 rings (SSSR count). The molecule has 0 atom stereocenters. The first kappa shape index (κ1) is 16.2. The van der Waals surface area contributed by atoms with E-state index in [0.717, 1.165) is 12.8 Å². The van der Waals surface area contributed by atoms with Crippen molar-refractivity contribution in [3.8, 4) is 11.1 Å². The third-order valence-corrected chi connectivity index (χ3v) is 5.12. The number of nitrogens with zero attached hydrogens (tertiary/aromatic N) is 1. The summed E-state index contributed by atoms with van der Waals surface area (Å²) in [7, 11) is 0. The van der Waals surface area contributed by atoms with Crippen LogP contribution < -0.4 is 0 Å². The van der Waals surface area contributed by atoms with E-state index < -0.39 is 0 Å². The number of fused-ring (bicyclic) bond motifs is 3. The Kier molecular flexibility index (Phi) is 4.45. The van der Waals surface area contributed by atoms with Crippen molar-refractivity contribution < 1.29 is 14.6 Å². The largest absolute Gasteiger partial charge is 0.448 e. The first-order valence-electron chi connectivity index (χ1n) is 9.02. The highest BCUT2D eigenvalue weighted by Crippen LogP contribution is 2.44. The highest BCUT2D eigenvalue weighted by Gasteiger charge is 2.34. The average Bonchev–Trinajstić information content (AvgIpc) is 3.43. The van der Waals surface area contributed by atoms with Crippen molar-refractivity contribution >= 4 is 6.09 Å². The molecular formula is C21H23NO3. The lowest BCUT2D eigenvalue weighted by Crippen LogP contribution is -2.35. The smallest absolute Gasteiger partial charge is 0.410 e. The van der Waals surface area contributed by atoms with Gasteiger partial charge in [-0.1, -0.05) is 48.5 Å². The summed E-state index contributed by atoms with van der Waals surface area (Å²) in [6.45, 7) is 1.02. The highest BCUT2D eigenvalue weighted by atomic mass is 16.6. The lowest BCUT2D eigenvalue weighted by atomic mass is 9.98. The van der Waals surface area contributed by atoms with Gasteiger partial charge in [0.05, 0.1) is 0 Å². The molecular weight excluding hydrogens is 314 g/mol. The summed E-state index contributed by atoms with van der Waals surface area (Å²) < 4.78 is 5.71. The molecule has 2 aliphatic rings. The third kappa shape index (κ3) is 3.14. The molecule has 0 aliphatic heterocycles. The SMILES string of the molecule is O=C(OCC1c2ccccc2-c2ccccc21)N(CCCO)C1CC1. The number of hydrogen-bond acceptors (Lipinski definition) is 3. The number of benzene rings is 2. The van der Waals surface area contributed by atoms with E-state index in [1.54, 1.807) is 4.90 Å². The molecule has 4 nitrogen and oxygen atoms in total. The van der Waals surface area contributed by atoms with Gasteiger partial charge in [0.2, 0.25) is 0 Å². The Labute approximate surface area is 148 Å². The Hall–Kier alpha value is -2.33. The fourth-order valence-electron chi connectivity index (χ4n) is 3.73. The molecule has 0 bridgehead atoms. The van der Waals surface area contributed by atoms with E-state index in [1.165, 1.54) is 22.3 Å². The van der Waals surface area contributed by atoms with Gasteiger partial charge in [0.1, 0.15) is 6.61 Å². The maximum atomic E-state index is 12.5. The van der Waals surface area contributed by atoms with Crippen LogP contribution in [-0.2, 0) is 4.74 Å². The normalized spacial score (nSPS) is 15.6. The highest BCUT2D eigenvalue weighted by molar-refractivity contribution is 5.79. The first-order valence-corrected chi connectivity index (χ1v) is 9.02. The van der Waals surface area contributed by atoms with Crippen molar-refractivity contribution in [1.29, 1.82) is 0 Å². The van der Waals surface area contributed by atoms with Crippen molar-refractivity contribution in [2.24, 2.45) is 0 Å². The maximum absolute atomic E-state index is 12.5. The summed E-state index contributed by atoms with van der Waals surface area (Å²) in [4.78, 5) is 14.3. The molecule has 1 fully saturated rings. The zero-order valence-electron chi connectivity index (χ0n) is 14.2. The second-order valence-electron chi connectivity index (χ2n) is 6.81. The molecule has 0 heterocycles. The van der Waals surface area contributed by atoms with Gasteiger partial charge in [-0.3, -0.25) is 0 Å². The molecule has 4 heteroatoms. The lowest BCUT2D eigenvalue weighted by molar-refractivity contribution is 0.0943. The van der Waals surface area contributed by atoms with Gasteiger partial charge >= 0.3 is 6.09 Å². The Morgan fingerprint density at radius 3 is 2.20 bits per heavy atom. The average molecular weight is 337 g/mol. The predicted octanol–water partition coefficient (Wildman–Crippen LogP) is 3.78. The van der Waals surface area contributed by atoms with E-state index >= 15 is 0 Å². The minimum absolute atomic E-state index is 0.0928. The van der Waals surface area contributed by atoms with Gasteiger partial charge in [-0.25, -0.2) is 4.79 Å². The van der Waals surface area contributed by atoms with Crippen molar-refractivity contribution in [2.45, 2.75) is 31.2 Å².